The number of benzene rings is 1. The van der Waals surface area contributed by atoms with Gasteiger partial charge in [0.25, 0.3) is 0 Å². The van der Waals surface area contributed by atoms with Crippen LogP contribution in [0.4, 0.5) is 0 Å². The first kappa shape index (κ1) is 8.78. The highest BCUT2D eigenvalue weighted by Gasteiger charge is 1.98. The quantitative estimate of drug-likeness (QED) is 0.740. The predicted molar refractivity (Wildman–Crippen MR) is 47.2 cm³/mol. The molecule has 0 saturated heterocycles. The van der Waals surface area contributed by atoms with E-state index in [2.05, 4.69) is 6.92 Å². The van der Waals surface area contributed by atoms with E-state index in [1.165, 1.54) is 5.56 Å². The molecule has 0 aromatic heterocycles. The summed E-state index contributed by atoms with van der Waals surface area (Å²) in [5.41, 5.74) is 2.10. The van der Waals surface area contributed by atoms with Crippen LogP contribution in [0.25, 0.3) is 0 Å². The van der Waals surface area contributed by atoms with Gasteiger partial charge in [0.05, 0.1) is 6.42 Å². The van der Waals surface area contributed by atoms with Crippen LogP contribution < -0.4 is 0 Å². The zero-order valence-corrected chi connectivity index (χ0v) is 7.08. The molecule has 0 unspecified atom stereocenters. The normalized spacial score (nSPS) is 9.75. The second-order valence-electron chi connectivity index (χ2n) is 2.74. The predicted octanol–water partition coefficient (Wildman–Crippen LogP) is 1.88. The van der Waals surface area contributed by atoms with E-state index in [-0.39, 0.29) is 6.42 Å². The first-order valence-electron chi connectivity index (χ1n) is 4.02. The van der Waals surface area contributed by atoms with Gasteiger partial charge in [0.15, 0.2) is 0 Å². The summed E-state index contributed by atoms with van der Waals surface area (Å²) >= 11 is 0. The Morgan fingerprint density at radius 1 is 1.25 bits per heavy atom. The first-order valence-corrected chi connectivity index (χ1v) is 4.02. The molecule has 1 aromatic rings. The van der Waals surface area contributed by atoms with Gasteiger partial charge in [0.1, 0.15) is 0 Å². The molecule has 0 amide bonds. The summed E-state index contributed by atoms with van der Waals surface area (Å²) in [6.45, 7) is 2.08. The number of aryl methyl sites for hydroxylation is 1. The molecule has 0 fully saturated rings. The van der Waals surface area contributed by atoms with Gasteiger partial charge < -0.3 is 5.11 Å². The zero-order chi connectivity index (χ0) is 8.97. The Labute approximate surface area is 71.8 Å². The van der Waals surface area contributed by atoms with Crippen LogP contribution in [0.15, 0.2) is 24.3 Å². The maximum Gasteiger partial charge on any atom is 0.307 e. The van der Waals surface area contributed by atoms with Gasteiger partial charge in [-0.2, -0.15) is 0 Å². The lowest BCUT2D eigenvalue weighted by Crippen LogP contribution is -1.99. The molecule has 0 radical (unpaired) electrons. The first-order chi connectivity index (χ1) is 5.72. The standard InChI is InChI=1S/C10H12O2/c1-2-8-3-5-9(6-4-8)7-10(11)12/h3-6H,2,7H2,1H3,(H,11,12). The molecule has 2 nitrogen and oxygen atoms in total. The van der Waals surface area contributed by atoms with Gasteiger partial charge in [-0.25, -0.2) is 0 Å². The number of hydrogen-bond acceptors (Lipinski definition) is 1. The topological polar surface area (TPSA) is 37.3 Å². The molecule has 1 aromatic carbocycles. The van der Waals surface area contributed by atoms with Crippen LogP contribution in [0.2, 0.25) is 0 Å². The van der Waals surface area contributed by atoms with Gasteiger partial charge in [0, 0.05) is 0 Å². The molecule has 2 heteroatoms. The Morgan fingerprint density at radius 2 is 1.75 bits per heavy atom. The molecule has 64 valence electrons. The Kier molecular flexibility index (Phi) is 2.86. The molecule has 12 heavy (non-hydrogen) atoms. The van der Waals surface area contributed by atoms with E-state index in [1.54, 1.807) is 0 Å². The van der Waals surface area contributed by atoms with Crippen LogP contribution in [0, 0.1) is 0 Å². The Morgan fingerprint density at radius 3 is 2.17 bits per heavy atom. The summed E-state index contributed by atoms with van der Waals surface area (Å²) in [6.07, 6.45) is 1.11. The molecule has 0 aliphatic heterocycles. The fraction of sp³-hybridized carbons (Fsp3) is 0.300. The van der Waals surface area contributed by atoms with Crippen molar-refractivity contribution in [3.05, 3.63) is 35.4 Å². The van der Waals surface area contributed by atoms with Crippen molar-refractivity contribution in [1.29, 1.82) is 0 Å². The van der Waals surface area contributed by atoms with Crippen molar-refractivity contribution in [2.24, 2.45) is 0 Å². The summed E-state index contributed by atoms with van der Waals surface area (Å²) in [5.74, 6) is -0.778. The highest BCUT2D eigenvalue weighted by atomic mass is 16.4. The van der Waals surface area contributed by atoms with Crippen molar-refractivity contribution in [2.45, 2.75) is 19.8 Å². The summed E-state index contributed by atoms with van der Waals surface area (Å²) in [4.78, 5) is 10.3. The fourth-order valence-electron chi connectivity index (χ4n) is 1.07. The molecule has 0 bridgehead atoms. The van der Waals surface area contributed by atoms with E-state index in [9.17, 15) is 4.79 Å². The average Bonchev–Trinajstić information content (AvgIpc) is 2.05. The average molecular weight is 164 g/mol. The molecule has 0 aliphatic rings. The van der Waals surface area contributed by atoms with E-state index >= 15 is 0 Å². The van der Waals surface area contributed by atoms with E-state index in [1.807, 2.05) is 24.3 Å². The second-order valence-corrected chi connectivity index (χ2v) is 2.74. The largest absolute Gasteiger partial charge is 0.481 e. The molecule has 0 atom stereocenters. The minimum Gasteiger partial charge on any atom is -0.481 e. The molecule has 0 heterocycles. The number of aliphatic carboxylic acids is 1. The van der Waals surface area contributed by atoms with Crippen molar-refractivity contribution in [3.63, 3.8) is 0 Å². The van der Waals surface area contributed by atoms with Gasteiger partial charge in [-0.15, -0.1) is 0 Å². The smallest absolute Gasteiger partial charge is 0.307 e. The van der Waals surface area contributed by atoms with Crippen LogP contribution in [0.1, 0.15) is 18.1 Å². The number of carbonyl (C=O) groups is 1. The van der Waals surface area contributed by atoms with Crippen molar-refractivity contribution in [3.8, 4) is 0 Å². The van der Waals surface area contributed by atoms with Gasteiger partial charge in [-0.1, -0.05) is 31.2 Å². The van der Waals surface area contributed by atoms with Gasteiger partial charge in [-0.05, 0) is 17.5 Å². The maximum atomic E-state index is 10.3. The third kappa shape index (κ3) is 2.38. The SMILES string of the molecule is CCc1ccc(CC(=O)O)cc1. The summed E-state index contributed by atoms with van der Waals surface area (Å²) in [5, 5.41) is 8.49. The lowest BCUT2D eigenvalue weighted by atomic mass is 10.1. The monoisotopic (exact) mass is 164 g/mol. The third-order valence-corrected chi connectivity index (χ3v) is 1.79. The number of hydrogen-bond donors (Lipinski definition) is 1. The van der Waals surface area contributed by atoms with Gasteiger partial charge >= 0.3 is 5.97 Å². The molecule has 0 spiro atoms. The molecule has 0 aliphatic carbocycles. The van der Waals surface area contributed by atoms with Crippen LogP contribution in [-0.2, 0) is 17.6 Å². The summed E-state index contributed by atoms with van der Waals surface area (Å²) in [6, 6.07) is 7.68. The Bertz CT molecular complexity index is 262. The Hall–Kier alpha value is -1.31. The van der Waals surface area contributed by atoms with Crippen LogP contribution in [0.3, 0.4) is 0 Å². The van der Waals surface area contributed by atoms with Crippen LogP contribution >= 0.6 is 0 Å². The fourth-order valence-corrected chi connectivity index (χ4v) is 1.07. The lowest BCUT2D eigenvalue weighted by Gasteiger charge is -1.98. The number of carboxylic acids is 1. The van der Waals surface area contributed by atoms with Crippen molar-refractivity contribution in [2.75, 3.05) is 0 Å². The van der Waals surface area contributed by atoms with E-state index in [0.717, 1.165) is 12.0 Å². The molecule has 1 rings (SSSR count). The second kappa shape index (κ2) is 3.90. The minimum absolute atomic E-state index is 0.115. The Balaban J connectivity index is 2.71. The summed E-state index contributed by atoms with van der Waals surface area (Å²) < 4.78 is 0. The van der Waals surface area contributed by atoms with Crippen molar-refractivity contribution < 1.29 is 9.90 Å². The highest BCUT2D eigenvalue weighted by Crippen LogP contribution is 2.05. The van der Waals surface area contributed by atoms with Crippen molar-refractivity contribution >= 4 is 5.97 Å². The van der Waals surface area contributed by atoms with Crippen molar-refractivity contribution in [1.82, 2.24) is 0 Å². The highest BCUT2D eigenvalue weighted by molar-refractivity contribution is 5.70. The molecule has 0 saturated carbocycles. The minimum atomic E-state index is -0.778. The molecular weight excluding hydrogens is 152 g/mol. The number of rotatable bonds is 3. The third-order valence-electron chi connectivity index (χ3n) is 1.79. The van der Waals surface area contributed by atoms with E-state index < -0.39 is 5.97 Å². The number of carboxylic acid groups (broad SMARTS) is 1. The summed E-state index contributed by atoms with van der Waals surface area (Å²) in [7, 11) is 0. The zero-order valence-electron chi connectivity index (χ0n) is 7.08. The molecule has 1 N–H and O–H groups in total. The lowest BCUT2D eigenvalue weighted by molar-refractivity contribution is -0.136. The van der Waals surface area contributed by atoms with Crippen LogP contribution in [-0.4, -0.2) is 11.1 Å². The maximum absolute atomic E-state index is 10.3. The van der Waals surface area contributed by atoms with E-state index in [4.69, 9.17) is 5.11 Å². The molecular formula is C10H12O2. The van der Waals surface area contributed by atoms with Gasteiger partial charge in [-0.3, -0.25) is 4.79 Å². The van der Waals surface area contributed by atoms with Gasteiger partial charge in [0.2, 0.25) is 0 Å². The van der Waals surface area contributed by atoms with E-state index in [0.29, 0.717) is 0 Å². The van der Waals surface area contributed by atoms with Crippen LogP contribution in [0.5, 0.6) is 0 Å².